The number of amides is 1. The van der Waals surface area contributed by atoms with Crippen molar-refractivity contribution >= 4 is 17.5 Å². The highest BCUT2D eigenvalue weighted by Crippen LogP contribution is 2.27. The molecule has 14 heavy (non-hydrogen) atoms. The molecular weight excluding hydrogens is 200 g/mol. The molecule has 2 rings (SSSR count). The van der Waals surface area contributed by atoms with Gasteiger partial charge in [0.2, 0.25) is 5.91 Å². The number of hydrazine groups is 1. The molecule has 1 amide bonds. The van der Waals surface area contributed by atoms with Crippen LogP contribution in [0.1, 0.15) is 12.5 Å². The molecule has 1 unspecified atom stereocenters. The lowest BCUT2D eigenvalue weighted by Gasteiger charge is -2.19. The summed E-state index contributed by atoms with van der Waals surface area (Å²) < 4.78 is 0. The molecule has 0 bridgehead atoms. The van der Waals surface area contributed by atoms with E-state index in [1.54, 1.807) is 6.07 Å². The number of hydrogen-bond acceptors (Lipinski definition) is 2. The summed E-state index contributed by atoms with van der Waals surface area (Å²) in [4.78, 5) is 11.6. The van der Waals surface area contributed by atoms with E-state index >= 15 is 0 Å². The van der Waals surface area contributed by atoms with Crippen LogP contribution in [-0.4, -0.2) is 12.5 Å². The smallest absolute Gasteiger partial charge is 0.245 e. The third kappa shape index (κ3) is 1.38. The molecule has 1 aliphatic heterocycles. The number of carbonyl (C=O) groups is 1. The zero-order valence-corrected chi connectivity index (χ0v) is 8.56. The lowest BCUT2D eigenvalue weighted by atomic mass is 9.83. The van der Waals surface area contributed by atoms with Crippen molar-refractivity contribution in [3.8, 4) is 0 Å². The number of nitrogens with one attached hydrogen (secondary N) is 2. The summed E-state index contributed by atoms with van der Waals surface area (Å²) >= 11 is 5.88. The van der Waals surface area contributed by atoms with E-state index < -0.39 is 5.41 Å². The maximum absolute atomic E-state index is 11.6. The minimum atomic E-state index is -0.509. The fraction of sp³-hybridized carbons (Fsp3) is 0.300. The van der Waals surface area contributed by atoms with Crippen molar-refractivity contribution in [1.82, 2.24) is 10.9 Å². The van der Waals surface area contributed by atoms with E-state index in [-0.39, 0.29) is 5.91 Å². The molecule has 0 aliphatic carbocycles. The van der Waals surface area contributed by atoms with Crippen molar-refractivity contribution in [2.75, 3.05) is 6.54 Å². The van der Waals surface area contributed by atoms with Crippen LogP contribution in [0, 0.1) is 0 Å². The topological polar surface area (TPSA) is 41.1 Å². The molecule has 0 aromatic heterocycles. The minimum Gasteiger partial charge on any atom is -0.291 e. The van der Waals surface area contributed by atoms with Gasteiger partial charge in [-0.2, -0.15) is 0 Å². The van der Waals surface area contributed by atoms with E-state index in [2.05, 4.69) is 10.9 Å². The zero-order valence-electron chi connectivity index (χ0n) is 7.80. The number of carbonyl (C=O) groups excluding carboxylic acids is 1. The number of rotatable bonds is 1. The van der Waals surface area contributed by atoms with E-state index in [0.29, 0.717) is 11.6 Å². The summed E-state index contributed by atoms with van der Waals surface area (Å²) in [5.41, 5.74) is 5.86. The van der Waals surface area contributed by atoms with Crippen LogP contribution in [0.5, 0.6) is 0 Å². The first-order chi connectivity index (χ1) is 6.63. The molecule has 1 aliphatic rings. The molecule has 1 fully saturated rings. The summed E-state index contributed by atoms with van der Waals surface area (Å²) in [6.07, 6.45) is 0. The van der Waals surface area contributed by atoms with Crippen molar-refractivity contribution in [1.29, 1.82) is 0 Å². The van der Waals surface area contributed by atoms with Crippen molar-refractivity contribution in [2.45, 2.75) is 12.3 Å². The Morgan fingerprint density at radius 3 is 2.86 bits per heavy atom. The summed E-state index contributed by atoms with van der Waals surface area (Å²) in [7, 11) is 0. The van der Waals surface area contributed by atoms with E-state index in [0.717, 1.165) is 5.56 Å². The Morgan fingerprint density at radius 1 is 1.50 bits per heavy atom. The van der Waals surface area contributed by atoms with Crippen molar-refractivity contribution in [2.24, 2.45) is 0 Å². The van der Waals surface area contributed by atoms with Gasteiger partial charge in [-0.1, -0.05) is 23.7 Å². The predicted octanol–water partition coefficient (Wildman–Crippen LogP) is 1.23. The maximum atomic E-state index is 11.6. The van der Waals surface area contributed by atoms with Gasteiger partial charge < -0.3 is 0 Å². The van der Waals surface area contributed by atoms with Crippen molar-refractivity contribution in [3.05, 3.63) is 34.9 Å². The first-order valence-electron chi connectivity index (χ1n) is 4.42. The molecule has 0 spiro atoms. The summed E-state index contributed by atoms with van der Waals surface area (Å²) in [5, 5.41) is 0.656. The second-order valence-corrected chi connectivity index (χ2v) is 4.09. The van der Waals surface area contributed by atoms with Crippen LogP contribution < -0.4 is 10.9 Å². The van der Waals surface area contributed by atoms with Gasteiger partial charge in [0.1, 0.15) is 0 Å². The molecule has 1 aromatic carbocycles. The van der Waals surface area contributed by atoms with Gasteiger partial charge in [-0.3, -0.25) is 10.2 Å². The van der Waals surface area contributed by atoms with E-state index in [1.807, 2.05) is 25.1 Å². The van der Waals surface area contributed by atoms with Gasteiger partial charge in [0.05, 0.1) is 5.41 Å². The Labute approximate surface area is 87.4 Å². The molecule has 1 saturated heterocycles. The standard InChI is InChI=1S/C10H11ClN2O/c1-10(6-12-13-9(10)14)7-3-2-4-8(11)5-7/h2-5,12H,6H2,1H3,(H,13,14). The van der Waals surface area contributed by atoms with Gasteiger partial charge in [0, 0.05) is 11.6 Å². The first-order valence-corrected chi connectivity index (χ1v) is 4.80. The molecule has 2 N–H and O–H groups in total. The third-order valence-corrected chi connectivity index (χ3v) is 2.84. The third-order valence-electron chi connectivity index (χ3n) is 2.61. The molecular formula is C10H11ClN2O. The van der Waals surface area contributed by atoms with Gasteiger partial charge in [0.15, 0.2) is 0 Å². The second kappa shape index (κ2) is 3.26. The highest BCUT2D eigenvalue weighted by Gasteiger charge is 2.39. The normalized spacial score (nSPS) is 26.3. The van der Waals surface area contributed by atoms with Gasteiger partial charge in [-0.25, -0.2) is 5.43 Å². The Bertz CT molecular complexity index is 380. The minimum absolute atomic E-state index is 0.0141. The molecule has 1 heterocycles. The van der Waals surface area contributed by atoms with Crippen molar-refractivity contribution in [3.63, 3.8) is 0 Å². The van der Waals surface area contributed by atoms with Gasteiger partial charge in [-0.05, 0) is 24.6 Å². The first kappa shape index (κ1) is 9.49. The molecule has 4 heteroatoms. The molecule has 3 nitrogen and oxygen atoms in total. The second-order valence-electron chi connectivity index (χ2n) is 3.65. The van der Waals surface area contributed by atoms with Crippen LogP contribution >= 0.6 is 11.6 Å². The average Bonchev–Trinajstić information content (AvgIpc) is 2.49. The highest BCUT2D eigenvalue weighted by molar-refractivity contribution is 6.30. The summed E-state index contributed by atoms with van der Waals surface area (Å²) in [6.45, 7) is 2.49. The van der Waals surface area contributed by atoms with E-state index in [9.17, 15) is 4.79 Å². The SMILES string of the molecule is CC1(c2cccc(Cl)c2)CNNC1=O. The van der Waals surface area contributed by atoms with Crippen LogP contribution in [0.25, 0.3) is 0 Å². The van der Waals surface area contributed by atoms with Crippen molar-refractivity contribution < 1.29 is 4.79 Å². The highest BCUT2D eigenvalue weighted by atomic mass is 35.5. The lowest BCUT2D eigenvalue weighted by molar-refractivity contribution is -0.123. The lowest BCUT2D eigenvalue weighted by Crippen LogP contribution is -2.34. The number of hydrogen-bond donors (Lipinski definition) is 2. The fourth-order valence-electron chi connectivity index (χ4n) is 1.58. The molecule has 1 aromatic rings. The Balaban J connectivity index is 2.43. The number of benzene rings is 1. The molecule has 74 valence electrons. The summed E-state index contributed by atoms with van der Waals surface area (Å²) in [6, 6.07) is 7.40. The Kier molecular flexibility index (Phi) is 2.21. The monoisotopic (exact) mass is 210 g/mol. The molecule has 0 radical (unpaired) electrons. The largest absolute Gasteiger partial charge is 0.291 e. The fourth-order valence-corrected chi connectivity index (χ4v) is 1.77. The van der Waals surface area contributed by atoms with Gasteiger partial charge in [0.25, 0.3) is 0 Å². The van der Waals surface area contributed by atoms with Crippen LogP contribution in [0.15, 0.2) is 24.3 Å². The van der Waals surface area contributed by atoms with Crippen LogP contribution in [0.4, 0.5) is 0 Å². The quantitative estimate of drug-likeness (QED) is 0.732. The maximum Gasteiger partial charge on any atom is 0.245 e. The molecule has 0 saturated carbocycles. The van der Waals surface area contributed by atoms with E-state index in [4.69, 9.17) is 11.6 Å². The predicted molar refractivity (Wildman–Crippen MR) is 54.9 cm³/mol. The number of halogens is 1. The summed E-state index contributed by atoms with van der Waals surface area (Å²) in [5.74, 6) is -0.0141. The van der Waals surface area contributed by atoms with E-state index in [1.165, 1.54) is 0 Å². The zero-order chi connectivity index (χ0) is 10.2. The molecule has 1 atom stereocenters. The Hall–Kier alpha value is -1.06. The average molecular weight is 211 g/mol. The Morgan fingerprint density at radius 2 is 2.29 bits per heavy atom. The van der Waals surface area contributed by atoms with Crippen LogP contribution in [0.3, 0.4) is 0 Å². The van der Waals surface area contributed by atoms with Crippen LogP contribution in [-0.2, 0) is 10.2 Å². The van der Waals surface area contributed by atoms with Gasteiger partial charge >= 0.3 is 0 Å². The van der Waals surface area contributed by atoms with Crippen LogP contribution in [0.2, 0.25) is 5.02 Å². The van der Waals surface area contributed by atoms with Gasteiger partial charge in [-0.15, -0.1) is 0 Å².